The summed E-state index contributed by atoms with van der Waals surface area (Å²) >= 11 is 7.91. The van der Waals surface area contributed by atoms with Gasteiger partial charge in [0.25, 0.3) is 0 Å². The maximum Gasteiger partial charge on any atom is 0.337 e. The monoisotopic (exact) mass is 543 g/mol. The van der Waals surface area contributed by atoms with E-state index in [0.717, 1.165) is 31.4 Å². The molecule has 36 heavy (non-hydrogen) atoms. The van der Waals surface area contributed by atoms with Crippen LogP contribution in [0.1, 0.15) is 32.1 Å². The van der Waals surface area contributed by atoms with Gasteiger partial charge in [-0.3, -0.25) is 4.79 Å². The fourth-order valence-corrected chi connectivity index (χ4v) is 5.84. The molecule has 3 N–H and O–H groups in total. The van der Waals surface area contributed by atoms with Gasteiger partial charge in [0.05, 0.1) is 44.0 Å². The molecule has 0 aromatic heterocycles. The molecule has 1 unspecified atom stereocenters. The second kappa shape index (κ2) is 15.1. The van der Waals surface area contributed by atoms with Gasteiger partial charge >= 0.3 is 12.0 Å². The Morgan fingerprint density at radius 2 is 1.97 bits per heavy atom. The van der Waals surface area contributed by atoms with E-state index < -0.39 is 5.97 Å². The van der Waals surface area contributed by atoms with Gasteiger partial charge in [-0.1, -0.05) is 24.4 Å². The van der Waals surface area contributed by atoms with Crippen LogP contribution in [0.15, 0.2) is 18.2 Å². The zero-order valence-electron chi connectivity index (χ0n) is 20.4. The molecule has 0 aliphatic carbocycles. The number of halogens is 1. The molecule has 0 radical (unpaired) electrons. The van der Waals surface area contributed by atoms with Crippen LogP contribution in [0, 0.1) is 0 Å². The van der Waals surface area contributed by atoms with E-state index in [1.165, 1.54) is 13.2 Å². The molecule has 3 amide bonds. The number of carbonyl (C=O) groups excluding carboxylic acids is 3. The lowest BCUT2D eigenvalue weighted by molar-refractivity contribution is -0.140. The first kappa shape index (κ1) is 28.4. The molecule has 3 rings (SSSR count). The normalized spacial score (nSPS) is 20.4. The van der Waals surface area contributed by atoms with E-state index in [4.69, 9.17) is 30.5 Å². The molecule has 10 nitrogen and oxygen atoms in total. The topological polar surface area (TPSA) is 124 Å². The van der Waals surface area contributed by atoms with Crippen molar-refractivity contribution in [2.75, 3.05) is 45.8 Å². The Labute approximate surface area is 220 Å². The van der Waals surface area contributed by atoms with Crippen molar-refractivity contribution < 1.29 is 33.3 Å². The molecular weight excluding hydrogens is 510 g/mol. The first-order chi connectivity index (χ1) is 17.5. The largest absolute Gasteiger partial charge is 0.495 e. The molecule has 0 bridgehead atoms. The molecule has 1 aromatic rings. The molecule has 2 aliphatic rings. The molecule has 2 fully saturated rings. The van der Waals surface area contributed by atoms with E-state index in [1.807, 2.05) is 11.8 Å². The highest BCUT2D eigenvalue weighted by Gasteiger charge is 2.42. The number of hydrogen-bond donors (Lipinski definition) is 3. The van der Waals surface area contributed by atoms with Gasteiger partial charge in [0, 0.05) is 30.0 Å². The third-order valence-corrected chi connectivity index (χ3v) is 7.65. The third kappa shape index (κ3) is 9.34. The van der Waals surface area contributed by atoms with Crippen molar-refractivity contribution in [3.63, 3.8) is 0 Å². The number of ether oxygens (including phenoxy) is 4. The van der Waals surface area contributed by atoms with Crippen LogP contribution < -0.4 is 25.4 Å². The van der Waals surface area contributed by atoms with Crippen LogP contribution >= 0.6 is 23.4 Å². The lowest BCUT2D eigenvalue weighted by Crippen LogP contribution is -2.36. The van der Waals surface area contributed by atoms with Gasteiger partial charge in [-0.25, -0.2) is 9.59 Å². The maximum absolute atomic E-state index is 11.9. The standard InChI is InChI=1S/C24H34ClN3O7S/c1-32-19-8-7-16(13-17(19)25)35-22(30)14-34-12-11-33-10-9-26-21(29)6-4-2-3-5-20-23-18(15-36-20)27-24(31)28-23/h7-8,13,18,20,23H,2-6,9-12,14-15H2,1H3,(H,26,29)(H2,27,28,31)/t18-,20?,23-/m0/s1. The van der Waals surface area contributed by atoms with Gasteiger partial charge in [0.15, 0.2) is 0 Å². The van der Waals surface area contributed by atoms with E-state index in [-0.39, 0.29) is 37.2 Å². The number of hydrogen-bond acceptors (Lipinski definition) is 8. The minimum absolute atomic E-state index is 0.0128. The van der Waals surface area contributed by atoms with Gasteiger partial charge in [0.2, 0.25) is 5.91 Å². The molecule has 2 saturated heterocycles. The van der Waals surface area contributed by atoms with Crippen molar-refractivity contribution in [1.29, 1.82) is 0 Å². The predicted molar refractivity (Wildman–Crippen MR) is 137 cm³/mol. The molecular formula is C24H34ClN3O7S. The Bertz CT molecular complexity index is 891. The van der Waals surface area contributed by atoms with Crippen LogP contribution in [0.5, 0.6) is 11.5 Å². The van der Waals surface area contributed by atoms with Crippen molar-refractivity contribution >= 4 is 41.3 Å². The maximum atomic E-state index is 11.9. The number of methoxy groups -OCH3 is 1. The number of carbonyl (C=O) groups is 3. The summed E-state index contributed by atoms with van der Waals surface area (Å²) in [6.45, 7) is 1.11. The van der Waals surface area contributed by atoms with Gasteiger partial charge in [-0.2, -0.15) is 11.8 Å². The quantitative estimate of drug-likeness (QED) is 0.126. The fourth-order valence-electron chi connectivity index (χ4n) is 4.05. The number of thioether (sulfide) groups is 1. The third-order valence-electron chi connectivity index (χ3n) is 5.85. The molecule has 2 heterocycles. The Hall–Kier alpha value is -2.21. The first-order valence-electron chi connectivity index (χ1n) is 12.1. The van der Waals surface area contributed by atoms with Crippen LogP contribution in [0.2, 0.25) is 5.02 Å². The smallest absolute Gasteiger partial charge is 0.337 e. The minimum Gasteiger partial charge on any atom is -0.495 e. The Kier molecular flexibility index (Phi) is 11.9. The number of esters is 1. The van der Waals surface area contributed by atoms with Gasteiger partial charge in [-0.15, -0.1) is 0 Å². The first-order valence-corrected chi connectivity index (χ1v) is 13.5. The van der Waals surface area contributed by atoms with E-state index in [2.05, 4.69) is 16.0 Å². The molecule has 0 saturated carbocycles. The molecule has 200 valence electrons. The fraction of sp³-hybridized carbons (Fsp3) is 0.625. The minimum atomic E-state index is -0.544. The van der Waals surface area contributed by atoms with E-state index in [1.54, 1.807) is 12.1 Å². The van der Waals surface area contributed by atoms with Crippen molar-refractivity contribution in [2.45, 2.75) is 49.4 Å². The zero-order valence-corrected chi connectivity index (χ0v) is 22.0. The molecule has 1 aromatic carbocycles. The van der Waals surface area contributed by atoms with E-state index in [9.17, 15) is 14.4 Å². The summed E-state index contributed by atoms with van der Waals surface area (Å²) in [5.41, 5.74) is 0. The molecule has 2 aliphatic heterocycles. The summed E-state index contributed by atoms with van der Waals surface area (Å²) < 4.78 is 20.8. The average Bonchev–Trinajstić information content (AvgIpc) is 3.40. The second-order valence-corrected chi connectivity index (χ2v) is 10.2. The summed E-state index contributed by atoms with van der Waals surface area (Å²) in [6, 6.07) is 5.13. The average molecular weight is 544 g/mol. The number of rotatable bonds is 16. The van der Waals surface area contributed by atoms with Crippen LogP contribution in [0.3, 0.4) is 0 Å². The summed E-state index contributed by atoms with van der Waals surface area (Å²) in [4.78, 5) is 35.2. The lowest BCUT2D eigenvalue weighted by Gasteiger charge is -2.16. The van der Waals surface area contributed by atoms with Crippen LogP contribution in [0.25, 0.3) is 0 Å². The Morgan fingerprint density at radius 1 is 1.14 bits per heavy atom. The SMILES string of the molecule is COc1ccc(OC(=O)COCCOCCNC(=O)CCCCCC2SC[C@@H]3NC(=O)N[C@H]23)cc1Cl. The van der Waals surface area contributed by atoms with Crippen molar-refractivity contribution in [2.24, 2.45) is 0 Å². The second-order valence-electron chi connectivity index (χ2n) is 8.51. The summed E-state index contributed by atoms with van der Waals surface area (Å²) in [7, 11) is 1.50. The van der Waals surface area contributed by atoms with E-state index in [0.29, 0.717) is 48.0 Å². The molecule has 12 heteroatoms. The van der Waals surface area contributed by atoms with Crippen LogP contribution in [-0.2, 0) is 19.1 Å². The Balaban J connectivity index is 1.10. The van der Waals surface area contributed by atoms with E-state index >= 15 is 0 Å². The number of amides is 3. The highest BCUT2D eigenvalue weighted by Crippen LogP contribution is 2.33. The van der Waals surface area contributed by atoms with Gasteiger partial charge < -0.3 is 34.9 Å². The molecule has 0 spiro atoms. The van der Waals surface area contributed by atoms with Crippen LogP contribution in [0.4, 0.5) is 4.79 Å². The summed E-state index contributed by atoms with van der Waals surface area (Å²) in [5.74, 6) is 1.24. The molecule has 3 atom stereocenters. The highest BCUT2D eigenvalue weighted by molar-refractivity contribution is 8.00. The highest BCUT2D eigenvalue weighted by atomic mass is 35.5. The number of benzene rings is 1. The lowest BCUT2D eigenvalue weighted by atomic mass is 10.0. The van der Waals surface area contributed by atoms with Crippen molar-refractivity contribution in [1.82, 2.24) is 16.0 Å². The predicted octanol–water partition coefficient (Wildman–Crippen LogP) is 2.52. The number of unbranched alkanes of at least 4 members (excludes halogenated alkanes) is 2. The van der Waals surface area contributed by atoms with Crippen molar-refractivity contribution in [3.8, 4) is 11.5 Å². The number of urea groups is 1. The van der Waals surface area contributed by atoms with Crippen LogP contribution in [-0.4, -0.2) is 81.1 Å². The summed E-state index contributed by atoms with van der Waals surface area (Å²) in [5, 5.41) is 9.60. The van der Waals surface area contributed by atoms with Gasteiger partial charge in [0.1, 0.15) is 18.1 Å². The van der Waals surface area contributed by atoms with Gasteiger partial charge in [-0.05, 0) is 25.0 Å². The Morgan fingerprint density at radius 3 is 2.78 bits per heavy atom. The summed E-state index contributed by atoms with van der Waals surface area (Å²) in [6.07, 6.45) is 4.43. The number of fused-ring (bicyclic) bond motifs is 1. The number of nitrogens with one attached hydrogen (secondary N) is 3. The van der Waals surface area contributed by atoms with Crippen molar-refractivity contribution in [3.05, 3.63) is 23.2 Å². The zero-order chi connectivity index (χ0) is 25.8.